The van der Waals surface area contributed by atoms with Crippen LogP contribution in [0.1, 0.15) is 51.7 Å². The topological polar surface area (TPSA) is 46.2 Å². The second-order valence-electron chi connectivity index (χ2n) is 8.46. The molecule has 1 aliphatic heterocycles. The number of fused-ring (bicyclic) bond motifs is 2. The van der Waals surface area contributed by atoms with Gasteiger partial charge in [-0.3, -0.25) is 9.59 Å². The third-order valence-electron chi connectivity index (χ3n) is 6.72. The van der Waals surface area contributed by atoms with Crippen molar-refractivity contribution < 1.29 is 9.59 Å². The Bertz CT molecular complexity index is 1280. The van der Waals surface area contributed by atoms with Crippen LogP contribution in [-0.2, 0) is 4.79 Å². The third kappa shape index (κ3) is 2.73. The molecule has 0 aromatic heterocycles. The van der Waals surface area contributed by atoms with Gasteiger partial charge in [-0.15, -0.1) is 0 Å². The van der Waals surface area contributed by atoms with E-state index >= 15 is 0 Å². The molecule has 0 unspecified atom stereocenters. The fourth-order valence-corrected chi connectivity index (χ4v) is 5.33. The van der Waals surface area contributed by atoms with Gasteiger partial charge in [-0.2, -0.15) is 0 Å². The molecule has 0 fully saturated rings. The molecule has 3 aromatic carbocycles. The molecule has 3 nitrogen and oxygen atoms in total. The minimum absolute atomic E-state index is 0.0245. The first kappa shape index (κ1) is 18.1. The monoisotopic (exact) mass is 403 g/mol. The summed E-state index contributed by atoms with van der Waals surface area (Å²) < 4.78 is 0. The fraction of sp³-hybridized carbons (Fsp3) is 0.143. The van der Waals surface area contributed by atoms with Gasteiger partial charge < -0.3 is 5.32 Å². The van der Waals surface area contributed by atoms with Gasteiger partial charge in [0.05, 0.1) is 5.70 Å². The molecule has 2 aliphatic carbocycles. The highest BCUT2D eigenvalue weighted by molar-refractivity contribution is 6.23. The van der Waals surface area contributed by atoms with Gasteiger partial charge in [0.25, 0.3) is 0 Å². The summed E-state index contributed by atoms with van der Waals surface area (Å²) in [5.74, 6) is -0.0225. The summed E-state index contributed by atoms with van der Waals surface area (Å²) in [5.41, 5.74) is 7.13. The van der Waals surface area contributed by atoms with Crippen LogP contribution in [0.4, 0.5) is 0 Å². The Kier molecular flexibility index (Phi) is 4.03. The number of allylic oxidation sites excluding steroid dienone is 3. The molecule has 0 radical (unpaired) electrons. The lowest BCUT2D eigenvalue weighted by Crippen LogP contribution is -2.33. The molecule has 3 heteroatoms. The summed E-state index contributed by atoms with van der Waals surface area (Å²) in [7, 11) is 0. The number of carbonyl (C=O) groups is 2. The summed E-state index contributed by atoms with van der Waals surface area (Å²) in [6.07, 6.45) is 1.24. The Labute approximate surface area is 181 Å². The average molecular weight is 403 g/mol. The van der Waals surface area contributed by atoms with Crippen molar-refractivity contribution in [2.24, 2.45) is 0 Å². The highest BCUT2D eigenvalue weighted by Crippen LogP contribution is 2.50. The molecule has 0 amide bonds. The predicted octanol–water partition coefficient (Wildman–Crippen LogP) is 5.38. The molecular weight excluding hydrogens is 382 g/mol. The number of carbonyl (C=O) groups excluding carboxylic acids is 2. The highest BCUT2D eigenvalue weighted by atomic mass is 16.1. The molecule has 0 saturated carbocycles. The molecule has 3 aliphatic rings. The van der Waals surface area contributed by atoms with E-state index < -0.39 is 0 Å². The van der Waals surface area contributed by atoms with Crippen LogP contribution in [0.15, 0.2) is 102 Å². The first-order chi connectivity index (χ1) is 15.2. The molecule has 3 aromatic rings. The van der Waals surface area contributed by atoms with Crippen LogP contribution >= 0.6 is 0 Å². The lowest BCUT2D eigenvalue weighted by molar-refractivity contribution is -0.116. The Morgan fingerprint density at radius 1 is 0.645 bits per heavy atom. The Morgan fingerprint density at radius 2 is 1.26 bits per heavy atom. The number of Topliss-reactive ketones (excluding diaryl/α,β-unsaturated/α-hetero) is 2. The smallest absolute Gasteiger partial charge is 0.192 e. The molecule has 150 valence electrons. The van der Waals surface area contributed by atoms with Crippen molar-refractivity contribution in [3.05, 3.63) is 124 Å². The number of hydrogen-bond acceptors (Lipinski definition) is 3. The third-order valence-corrected chi connectivity index (χ3v) is 6.72. The van der Waals surface area contributed by atoms with Crippen LogP contribution in [0.5, 0.6) is 0 Å². The normalized spacial score (nSPS) is 22.1. The number of dihydropyridines is 1. The van der Waals surface area contributed by atoms with Crippen LogP contribution in [0.25, 0.3) is 5.70 Å². The molecular formula is C28H21NO2. The molecule has 6 rings (SSSR count). The van der Waals surface area contributed by atoms with Gasteiger partial charge in [-0.05, 0) is 23.5 Å². The van der Waals surface area contributed by atoms with Gasteiger partial charge >= 0.3 is 0 Å². The second-order valence-corrected chi connectivity index (χ2v) is 8.46. The number of benzene rings is 3. The largest absolute Gasteiger partial charge is 0.358 e. The number of ketones is 2. The molecule has 1 N–H and O–H groups in total. The summed E-state index contributed by atoms with van der Waals surface area (Å²) in [5, 5.41) is 3.55. The molecule has 31 heavy (non-hydrogen) atoms. The Hall–Kier alpha value is -3.72. The summed E-state index contributed by atoms with van der Waals surface area (Å²) in [4.78, 5) is 27.0. The standard InChI is InChI=1S/C28H21NO2/c30-23-16-19(17-9-3-1-4-10-17)15-22-25(23)24(18-11-5-2-6-12-18)26-27(29-22)20-13-7-8-14-21(20)28(26)31/h1-14,19,24,29H,15-16H2/t19-,24+/m0/s1. The lowest BCUT2D eigenvalue weighted by atomic mass is 9.71. The van der Waals surface area contributed by atoms with E-state index in [-0.39, 0.29) is 23.4 Å². The van der Waals surface area contributed by atoms with E-state index in [0.29, 0.717) is 17.6 Å². The van der Waals surface area contributed by atoms with Crippen molar-refractivity contribution in [2.75, 3.05) is 0 Å². The van der Waals surface area contributed by atoms with Gasteiger partial charge in [0, 0.05) is 40.3 Å². The van der Waals surface area contributed by atoms with Crippen LogP contribution < -0.4 is 5.32 Å². The van der Waals surface area contributed by atoms with E-state index in [9.17, 15) is 9.59 Å². The quantitative estimate of drug-likeness (QED) is 0.625. The zero-order valence-electron chi connectivity index (χ0n) is 17.0. The maximum atomic E-state index is 13.5. The molecule has 0 spiro atoms. The van der Waals surface area contributed by atoms with Crippen LogP contribution in [-0.4, -0.2) is 11.6 Å². The van der Waals surface area contributed by atoms with Crippen molar-refractivity contribution in [2.45, 2.75) is 24.7 Å². The van der Waals surface area contributed by atoms with Gasteiger partial charge in [-0.1, -0.05) is 84.9 Å². The van der Waals surface area contributed by atoms with E-state index in [1.807, 2.05) is 72.8 Å². The van der Waals surface area contributed by atoms with Crippen molar-refractivity contribution in [3.8, 4) is 0 Å². The van der Waals surface area contributed by atoms with Gasteiger partial charge in [0.1, 0.15) is 0 Å². The maximum Gasteiger partial charge on any atom is 0.192 e. The zero-order valence-corrected chi connectivity index (χ0v) is 17.0. The summed E-state index contributed by atoms with van der Waals surface area (Å²) in [6, 6.07) is 28.0. The van der Waals surface area contributed by atoms with Crippen molar-refractivity contribution in [3.63, 3.8) is 0 Å². The number of nitrogens with one attached hydrogen (secondary N) is 1. The van der Waals surface area contributed by atoms with E-state index in [1.54, 1.807) is 0 Å². The minimum atomic E-state index is -0.323. The number of hydrogen-bond donors (Lipinski definition) is 1. The average Bonchev–Trinajstić information content (AvgIpc) is 3.11. The Balaban J connectivity index is 1.52. The van der Waals surface area contributed by atoms with Crippen LogP contribution in [0.2, 0.25) is 0 Å². The van der Waals surface area contributed by atoms with Crippen molar-refractivity contribution in [1.29, 1.82) is 0 Å². The Morgan fingerprint density at radius 3 is 1.97 bits per heavy atom. The fourth-order valence-electron chi connectivity index (χ4n) is 5.33. The second kappa shape index (κ2) is 6.92. The summed E-state index contributed by atoms with van der Waals surface area (Å²) >= 11 is 0. The molecule has 0 saturated heterocycles. The lowest BCUT2D eigenvalue weighted by Gasteiger charge is -2.36. The zero-order chi connectivity index (χ0) is 20.9. The van der Waals surface area contributed by atoms with E-state index in [1.165, 1.54) is 5.56 Å². The summed E-state index contributed by atoms with van der Waals surface area (Å²) in [6.45, 7) is 0. The minimum Gasteiger partial charge on any atom is -0.358 e. The molecule has 0 bridgehead atoms. The maximum absolute atomic E-state index is 13.5. The SMILES string of the molecule is O=C1C[C@@H](c2ccccc2)CC2=C1[C@@H](c1ccccc1)C1=C(N2)c2ccccc2C1=O. The van der Waals surface area contributed by atoms with Crippen LogP contribution in [0, 0.1) is 0 Å². The molecule has 1 heterocycles. The van der Waals surface area contributed by atoms with Gasteiger partial charge in [0.2, 0.25) is 0 Å². The van der Waals surface area contributed by atoms with Crippen molar-refractivity contribution in [1.82, 2.24) is 5.32 Å². The predicted molar refractivity (Wildman–Crippen MR) is 120 cm³/mol. The first-order valence-corrected chi connectivity index (χ1v) is 10.7. The number of rotatable bonds is 2. The van der Waals surface area contributed by atoms with E-state index in [4.69, 9.17) is 0 Å². The van der Waals surface area contributed by atoms with E-state index in [0.717, 1.165) is 34.5 Å². The van der Waals surface area contributed by atoms with Crippen LogP contribution in [0.3, 0.4) is 0 Å². The van der Waals surface area contributed by atoms with Gasteiger partial charge in [-0.25, -0.2) is 0 Å². The van der Waals surface area contributed by atoms with Gasteiger partial charge in [0.15, 0.2) is 11.6 Å². The molecule has 2 atom stereocenters. The first-order valence-electron chi connectivity index (χ1n) is 10.7. The van der Waals surface area contributed by atoms with E-state index in [2.05, 4.69) is 17.4 Å². The highest BCUT2D eigenvalue weighted by Gasteiger charge is 2.45. The van der Waals surface area contributed by atoms with Crippen molar-refractivity contribution >= 4 is 17.3 Å².